The van der Waals surface area contributed by atoms with E-state index in [1.54, 1.807) is 11.0 Å². The van der Waals surface area contributed by atoms with Crippen LogP contribution in [-0.2, 0) is 4.79 Å². The van der Waals surface area contributed by atoms with Crippen molar-refractivity contribution in [2.75, 3.05) is 13.7 Å². The second kappa shape index (κ2) is 8.79. The maximum absolute atomic E-state index is 12.9. The molecule has 140 valence electrons. The molecule has 2 aromatic carbocycles. The Balaban J connectivity index is 1.97. The number of methoxy groups -OCH3 is 1. The van der Waals surface area contributed by atoms with Crippen molar-refractivity contribution in [1.29, 1.82) is 0 Å². The van der Waals surface area contributed by atoms with Gasteiger partial charge in [0, 0.05) is 6.54 Å². The second-order valence-electron chi connectivity index (χ2n) is 5.85. The molecule has 1 aliphatic rings. The number of ether oxygens (including phenoxy) is 1. The number of hydrogen-bond acceptors (Lipinski definition) is 5. The number of amides is 1. The Bertz CT molecular complexity index is 913. The molecule has 0 unspecified atom stereocenters. The van der Waals surface area contributed by atoms with Crippen molar-refractivity contribution in [3.8, 4) is 11.5 Å². The van der Waals surface area contributed by atoms with Crippen LogP contribution >= 0.6 is 34.4 Å². The summed E-state index contributed by atoms with van der Waals surface area (Å²) in [6.07, 6.45) is 2.66. The fourth-order valence-corrected chi connectivity index (χ4v) is 4.26. The maximum atomic E-state index is 12.9. The van der Waals surface area contributed by atoms with Gasteiger partial charge in [0.2, 0.25) is 0 Å². The van der Waals surface area contributed by atoms with Gasteiger partial charge >= 0.3 is 0 Å². The number of nitrogens with zero attached hydrogens (tertiary/aromatic N) is 2. The van der Waals surface area contributed by atoms with E-state index in [9.17, 15) is 9.90 Å². The number of halogens is 1. The monoisotopic (exact) mass is 494 g/mol. The lowest BCUT2D eigenvalue weighted by molar-refractivity contribution is -0.122. The van der Waals surface area contributed by atoms with Gasteiger partial charge in [-0.05, 0) is 76.7 Å². The molecule has 0 aliphatic carbocycles. The van der Waals surface area contributed by atoms with Gasteiger partial charge in [-0.15, -0.1) is 0 Å². The molecule has 1 aliphatic heterocycles. The summed E-state index contributed by atoms with van der Waals surface area (Å²) < 4.78 is 5.87. The second-order valence-corrected chi connectivity index (χ2v) is 8.02. The van der Waals surface area contributed by atoms with Gasteiger partial charge in [0.25, 0.3) is 5.91 Å². The van der Waals surface area contributed by atoms with Crippen LogP contribution in [0.5, 0.6) is 11.5 Å². The number of phenolic OH excluding ortho intramolecular Hbond substituents is 1. The maximum Gasteiger partial charge on any atom is 0.266 e. The third-order valence-electron chi connectivity index (χ3n) is 3.88. The average Bonchev–Trinajstić information content (AvgIpc) is 2.94. The Morgan fingerprint density at radius 1 is 1.30 bits per heavy atom. The minimum absolute atomic E-state index is 0.0569. The fourth-order valence-electron chi connectivity index (χ4n) is 2.61. The van der Waals surface area contributed by atoms with Crippen molar-refractivity contribution in [3.63, 3.8) is 0 Å². The molecule has 0 spiro atoms. The van der Waals surface area contributed by atoms with Gasteiger partial charge in [0.1, 0.15) is 0 Å². The first kappa shape index (κ1) is 19.8. The lowest BCUT2D eigenvalue weighted by Crippen LogP contribution is -2.29. The number of amidine groups is 1. The van der Waals surface area contributed by atoms with Crippen molar-refractivity contribution in [2.24, 2.45) is 4.99 Å². The summed E-state index contributed by atoms with van der Waals surface area (Å²) in [5, 5.41) is 10.7. The minimum atomic E-state index is -0.0569. The summed E-state index contributed by atoms with van der Waals surface area (Å²) in [4.78, 5) is 19.8. The number of rotatable bonds is 5. The molecule has 1 amide bonds. The quantitative estimate of drug-likeness (QED) is 0.469. The average molecular weight is 494 g/mol. The fraction of sp³-hybridized carbons (Fsp3) is 0.200. The summed E-state index contributed by atoms with van der Waals surface area (Å²) in [5.41, 5.74) is 1.61. The molecular weight excluding hydrogens is 475 g/mol. The largest absolute Gasteiger partial charge is 0.504 e. The number of aromatic hydroxyl groups is 1. The van der Waals surface area contributed by atoms with Crippen LogP contribution in [0.25, 0.3) is 6.08 Å². The molecule has 7 heteroatoms. The SMILES string of the molecule is CCCN1C(=O)/C(=C\c2cc(I)c(O)c(OC)c2)SC1=Nc1ccccc1. The third-order valence-corrected chi connectivity index (χ3v) is 5.71. The predicted octanol–water partition coefficient (Wildman–Crippen LogP) is 5.02. The van der Waals surface area contributed by atoms with E-state index in [0.717, 1.165) is 17.7 Å². The Kier molecular flexibility index (Phi) is 6.43. The first-order valence-corrected chi connectivity index (χ1v) is 10.3. The standard InChI is InChI=1S/C20H19IN2O3S/c1-3-9-23-19(25)17(27-20(23)22-14-7-5-4-6-8-14)12-13-10-15(21)18(24)16(11-13)26-2/h4-8,10-12,24H,3,9H2,1-2H3/b17-12+,22-20?. The highest BCUT2D eigenvalue weighted by molar-refractivity contribution is 14.1. The summed E-state index contributed by atoms with van der Waals surface area (Å²) in [7, 11) is 1.51. The van der Waals surface area contributed by atoms with Crippen LogP contribution < -0.4 is 4.74 Å². The highest BCUT2D eigenvalue weighted by Crippen LogP contribution is 2.37. The molecule has 0 saturated carbocycles. The van der Waals surface area contributed by atoms with E-state index in [2.05, 4.69) is 4.99 Å². The van der Waals surface area contributed by atoms with E-state index in [1.807, 2.05) is 72.0 Å². The van der Waals surface area contributed by atoms with Crippen LogP contribution in [0, 0.1) is 3.57 Å². The molecule has 1 heterocycles. The molecule has 3 rings (SSSR count). The van der Waals surface area contributed by atoms with Gasteiger partial charge in [0.15, 0.2) is 16.7 Å². The van der Waals surface area contributed by atoms with E-state index < -0.39 is 0 Å². The zero-order chi connectivity index (χ0) is 19.4. The Labute approximate surface area is 176 Å². The first-order valence-electron chi connectivity index (χ1n) is 8.45. The molecule has 1 fully saturated rings. The van der Waals surface area contributed by atoms with Gasteiger partial charge in [0.05, 0.1) is 21.3 Å². The molecule has 2 aromatic rings. The molecule has 0 radical (unpaired) electrons. The van der Waals surface area contributed by atoms with Crippen LogP contribution in [0.1, 0.15) is 18.9 Å². The van der Waals surface area contributed by atoms with Crippen molar-refractivity contribution < 1.29 is 14.6 Å². The molecule has 0 aromatic heterocycles. The number of carbonyl (C=O) groups is 1. The molecule has 1 saturated heterocycles. The van der Waals surface area contributed by atoms with E-state index in [1.165, 1.54) is 18.9 Å². The lowest BCUT2D eigenvalue weighted by Gasteiger charge is -2.13. The number of thioether (sulfide) groups is 1. The number of hydrogen-bond donors (Lipinski definition) is 1. The van der Waals surface area contributed by atoms with Crippen molar-refractivity contribution in [1.82, 2.24) is 4.90 Å². The number of phenols is 1. The summed E-state index contributed by atoms with van der Waals surface area (Å²) in [6.45, 7) is 2.65. The number of carbonyl (C=O) groups excluding carboxylic acids is 1. The number of benzene rings is 2. The van der Waals surface area contributed by atoms with Gasteiger partial charge in [-0.3, -0.25) is 9.69 Å². The van der Waals surface area contributed by atoms with Crippen LogP contribution in [0.3, 0.4) is 0 Å². The van der Waals surface area contributed by atoms with E-state index in [-0.39, 0.29) is 11.7 Å². The molecular formula is C20H19IN2O3S. The molecule has 27 heavy (non-hydrogen) atoms. The zero-order valence-electron chi connectivity index (χ0n) is 15.0. The topological polar surface area (TPSA) is 62.1 Å². The highest BCUT2D eigenvalue weighted by Gasteiger charge is 2.32. The summed E-state index contributed by atoms with van der Waals surface area (Å²) >= 11 is 3.40. The van der Waals surface area contributed by atoms with Crippen molar-refractivity contribution in [2.45, 2.75) is 13.3 Å². The third kappa shape index (κ3) is 4.47. The summed E-state index contributed by atoms with van der Waals surface area (Å²) in [6, 6.07) is 13.1. The predicted molar refractivity (Wildman–Crippen MR) is 118 cm³/mol. The molecule has 1 N–H and O–H groups in total. The highest BCUT2D eigenvalue weighted by atomic mass is 127. The van der Waals surface area contributed by atoms with Gasteiger partial charge in [-0.1, -0.05) is 25.1 Å². The lowest BCUT2D eigenvalue weighted by atomic mass is 10.2. The van der Waals surface area contributed by atoms with E-state index in [4.69, 9.17) is 4.74 Å². The summed E-state index contributed by atoms with van der Waals surface area (Å²) in [5.74, 6) is 0.427. The Morgan fingerprint density at radius 3 is 2.70 bits per heavy atom. The van der Waals surface area contributed by atoms with Gasteiger partial charge in [-0.25, -0.2) is 4.99 Å². The van der Waals surface area contributed by atoms with E-state index in [0.29, 0.717) is 25.9 Å². The van der Waals surface area contributed by atoms with Crippen molar-refractivity contribution in [3.05, 3.63) is 56.5 Å². The van der Waals surface area contributed by atoms with Crippen LogP contribution in [0.4, 0.5) is 5.69 Å². The normalized spacial score (nSPS) is 17.1. The van der Waals surface area contributed by atoms with Gasteiger partial charge in [-0.2, -0.15) is 0 Å². The smallest absolute Gasteiger partial charge is 0.266 e. The van der Waals surface area contributed by atoms with Crippen LogP contribution in [-0.4, -0.2) is 34.7 Å². The minimum Gasteiger partial charge on any atom is -0.504 e. The first-order chi connectivity index (χ1) is 13.0. The molecule has 0 bridgehead atoms. The van der Waals surface area contributed by atoms with Gasteiger partial charge < -0.3 is 9.84 Å². The Hall–Kier alpha value is -2.00. The zero-order valence-corrected chi connectivity index (χ0v) is 18.0. The van der Waals surface area contributed by atoms with Crippen molar-refractivity contribution >= 4 is 57.2 Å². The number of para-hydroxylation sites is 1. The Morgan fingerprint density at radius 2 is 2.04 bits per heavy atom. The molecule has 5 nitrogen and oxygen atoms in total. The van der Waals surface area contributed by atoms with E-state index >= 15 is 0 Å². The molecule has 0 atom stereocenters. The van der Waals surface area contributed by atoms with Crippen LogP contribution in [0.15, 0.2) is 52.4 Å². The van der Waals surface area contributed by atoms with Crippen LogP contribution in [0.2, 0.25) is 0 Å². The number of aliphatic imine (C=N–C) groups is 1.